The van der Waals surface area contributed by atoms with E-state index in [1.54, 1.807) is 7.05 Å². The minimum absolute atomic E-state index is 0.0150. The molecule has 0 radical (unpaired) electrons. The first-order valence-electron chi connectivity index (χ1n) is 7.15. The van der Waals surface area contributed by atoms with Crippen molar-refractivity contribution in [3.05, 3.63) is 65.2 Å². The summed E-state index contributed by atoms with van der Waals surface area (Å²) in [4.78, 5) is 25.9. The van der Waals surface area contributed by atoms with Gasteiger partial charge < -0.3 is 10.2 Å². The van der Waals surface area contributed by atoms with Crippen LogP contribution in [0, 0.1) is 13.8 Å². The molecule has 0 aromatic heterocycles. The summed E-state index contributed by atoms with van der Waals surface area (Å²) in [5, 5.41) is 2.77. The number of benzene rings is 2. The molecule has 2 amide bonds. The monoisotopic (exact) mass is 296 g/mol. The first kappa shape index (κ1) is 15.8. The van der Waals surface area contributed by atoms with Crippen LogP contribution >= 0.6 is 0 Å². The average molecular weight is 296 g/mol. The fraction of sp³-hybridized carbons (Fsp3) is 0.222. The van der Waals surface area contributed by atoms with Crippen molar-refractivity contribution in [1.82, 2.24) is 4.90 Å². The zero-order chi connectivity index (χ0) is 16.1. The molecule has 114 valence electrons. The van der Waals surface area contributed by atoms with Crippen molar-refractivity contribution in [3.63, 3.8) is 0 Å². The Morgan fingerprint density at radius 1 is 1.05 bits per heavy atom. The number of hydrogen-bond donors (Lipinski definition) is 1. The molecule has 2 aromatic carbocycles. The summed E-state index contributed by atoms with van der Waals surface area (Å²) in [5.41, 5.74) is 3.29. The van der Waals surface area contributed by atoms with Crippen LogP contribution in [-0.2, 0) is 4.79 Å². The molecule has 0 heterocycles. The number of para-hydroxylation sites is 1. The number of amides is 2. The molecular weight excluding hydrogens is 276 g/mol. The first-order valence-corrected chi connectivity index (χ1v) is 7.15. The number of anilines is 1. The quantitative estimate of drug-likeness (QED) is 0.943. The van der Waals surface area contributed by atoms with E-state index in [1.165, 1.54) is 4.90 Å². The van der Waals surface area contributed by atoms with Gasteiger partial charge in [0.15, 0.2) is 0 Å². The molecule has 0 saturated heterocycles. The maximum Gasteiger partial charge on any atom is 0.254 e. The molecule has 1 N–H and O–H groups in total. The molecule has 4 heteroatoms. The summed E-state index contributed by atoms with van der Waals surface area (Å²) in [6, 6.07) is 14.9. The van der Waals surface area contributed by atoms with Gasteiger partial charge in [-0.2, -0.15) is 0 Å². The van der Waals surface area contributed by atoms with Gasteiger partial charge in [-0.05, 0) is 37.6 Å². The molecule has 4 nitrogen and oxygen atoms in total. The fourth-order valence-corrected chi connectivity index (χ4v) is 2.18. The summed E-state index contributed by atoms with van der Waals surface area (Å²) >= 11 is 0. The van der Waals surface area contributed by atoms with Crippen molar-refractivity contribution < 1.29 is 9.59 Å². The van der Waals surface area contributed by atoms with Gasteiger partial charge in [0.1, 0.15) is 0 Å². The first-order chi connectivity index (χ1) is 10.5. The van der Waals surface area contributed by atoms with Gasteiger partial charge in [-0.3, -0.25) is 9.59 Å². The lowest BCUT2D eigenvalue weighted by atomic mass is 10.0. The maximum atomic E-state index is 12.5. The summed E-state index contributed by atoms with van der Waals surface area (Å²) in [5.74, 6) is -0.364. The molecule has 22 heavy (non-hydrogen) atoms. The van der Waals surface area contributed by atoms with E-state index in [-0.39, 0.29) is 18.4 Å². The second-order valence-electron chi connectivity index (χ2n) is 5.39. The van der Waals surface area contributed by atoms with E-state index in [0.29, 0.717) is 5.56 Å². The van der Waals surface area contributed by atoms with E-state index in [9.17, 15) is 9.59 Å². The van der Waals surface area contributed by atoms with Crippen LogP contribution in [-0.4, -0.2) is 30.3 Å². The SMILES string of the molecule is Cc1ccc(C)c(C(=O)N(C)CC(=O)Nc2ccccc2)c1. The molecule has 0 fully saturated rings. The van der Waals surface area contributed by atoms with Crippen molar-refractivity contribution in [2.45, 2.75) is 13.8 Å². The molecular formula is C18H20N2O2. The van der Waals surface area contributed by atoms with Crippen LogP contribution in [0.4, 0.5) is 5.69 Å². The van der Waals surface area contributed by atoms with E-state index in [2.05, 4.69) is 5.32 Å². The van der Waals surface area contributed by atoms with Crippen molar-refractivity contribution >= 4 is 17.5 Å². The van der Waals surface area contributed by atoms with E-state index in [0.717, 1.165) is 16.8 Å². The predicted octanol–water partition coefficient (Wildman–Crippen LogP) is 3.01. The average Bonchev–Trinajstić information content (AvgIpc) is 2.49. The zero-order valence-corrected chi connectivity index (χ0v) is 13.1. The lowest BCUT2D eigenvalue weighted by Gasteiger charge is -2.18. The highest BCUT2D eigenvalue weighted by Gasteiger charge is 2.17. The van der Waals surface area contributed by atoms with Crippen LogP contribution < -0.4 is 5.32 Å². The number of carbonyl (C=O) groups is 2. The second-order valence-corrected chi connectivity index (χ2v) is 5.39. The summed E-state index contributed by atoms with van der Waals surface area (Å²) in [6.45, 7) is 3.85. The molecule has 0 unspecified atom stereocenters. The van der Waals surface area contributed by atoms with Crippen molar-refractivity contribution in [2.75, 3.05) is 18.9 Å². The fourth-order valence-electron chi connectivity index (χ4n) is 2.18. The number of aryl methyl sites for hydroxylation is 2. The van der Waals surface area contributed by atoms with Gasteiger partial charge in [-0.1, -0.05) is 35.9 Å². The van der Waals surface area contributed by atoms with Gasteiger partial charge >= 0.3 is 0 Å². The van der Waals surface area contributed by atoms with Crippen molar-refractivity contribution in [1.29, 1.82) is 0 Å². The van der Waals surface area contributed by atoms with Crippen LogP contribution in [0.15, 0.2) is 48.5 Å². The van der Waals surface area contributed by atoms with Crippen LogP contribution in [0.5, 0.6) is 0 Å². The highest BCUT2D eigenvalue weighted by molar-refractivity contribution is 6.00. The van der Waals surface area contributed by atoms with E-state index >= 15 is 0 Å². The largest absolute Gasteiger partial charge is 0.332 e. The topological polar surface area (TPSA) is 49.4 Å². The highest BCUT2D eigenvalue weighted by atomic mass is 16.2. The Labute approximate surface area is 130 Å². The third-order valence-corrected chi connectivity index (χ3v) is 3.41. The van der Waals surface area contributed by atoms with Gasteiger partial charge in [0.05, 0.1) is 6.54 Å². The number of hydrogen-bond acceptors (Lipinski definition) is 2. The lowest BCUT2D eigenvalue weighted by molar-refractivity contribution is -0.116. The maximum absolute atomic E-state index is 12.5. The molecule has 0 aliphatic rings. The summed E-state index contributed by atoms with van der Waals surface area (Å²) < 4.78 is 0. The van der Waals surface area contributed by atoms with Crippen LogP contribution in [0.25, 0.3) is 0 Å². The molecule has 0 aliphatic carbocycles. The minimum Gasteiger partial charge on any atom is -0.332 e. The zero-order valence-electron chi connectivity index (χ0n) is 13.1. The summed E-state index contributed by atoms with van der Waals surface area (Å²) in [6.07, 6.45) is 0. The van der Waals surface area contributed by atoms with Crippen LogP contribution in [0.3, 0.4) is 0 Å². The van der Waals surface area contributed by atoms with Gasteiger partial charge in [-0.25, -0.2) is 0 Å². The number of carbonyl (C=O) groups excluding carboxylic acids is 2. The Morgan fingerprint density at radius 2 is 1.73 bits per heavy atom. The Morgan fingerprint density at radius 3 is 2.41 bits per heavy atom. The third-order valence-electron chi connectivity index (χ3n) is 3.41. The molecule has 0 aliphatic heterocycles. The highest BCUT2D eigenvalue weighted by Crippen LogP contribution is 2.13. The predicted molar refractivity (Wildman–Crippen MR) is 87.9 cm³/mol. The normalized spacial score (nSPS) is 10.1. The smallest absolute Gasteiger partial charge is 0.254 e. The standard InChI is InChI=1S/C18H20N2O2/c1-13-9-10-14(2)16(11-13)18(22)20(3)12-17(21)19-15-7-5-4-6-8-15/h4-11H,12H2,1-3H3,(H,19,21). The molecule has 2 rings (SSSR count). The minimum atomic E-state index is -0.215. The number of nitrogens with one attached hydrogen (secondary N) is 1. The van der Waals surface area contributed by atoms with Gasteiger partial charge in [0.25, 0.3) is 5.91 Å². The van der Waals surface area contributed by atoms with Gasteiger partial charge in [0, 0.05) is 18.3 Å². The van der Waals surface area contributed by atoms with Crippen LogP contribution in [0.2, 0.25) is 0 Å². The second kappa shape index (κ2) is 6.89. The van der Waals surface area contributed by atoms with Gasteiger partial charge in [0.2, 0.25) is 5.91 Å². The Bertz CT molecular complexity index is 681. The summed E-state index contributed by atoms with van der Waals surface area (Å²) in [7, 11) is 1.63. The Hall–Kier alpha value is -2.62. The molecule has 0 atom stereocenters. The van der Waals surface area contributed by atoms with E-state index in [4.69, 9.17) is 0 Å². The molecule has 2 aromatic rings. The molecule has 0 saturated carbocycles. The Kier molecular flexibility index (Phi) is 4.94. The molecule has 0 bridgehead atoms. The van der Waals surface area contributed by atoms with Crippen LogP contribution in [0.1, 0.15) is 21.5 Å². The molecule has 0 spiro atoms. The van der Waals surface area contributed by atoms with Crippen molar-refractivity contribution in [2.24, 2.45) is 0 Å². The Balaban J connectivity index is 2.02. The van der Waals surface area contributed by atoms with Crippen molar-refractivity contribution in [3.8, 4) is 0 Å². The number of nitrogens with zero attached hydrogens (tertiary/aromatic N) is 1. The van der Waals surface area contributed by atoms with E-state index < -0.39 is 0 Å². The third kappa shape index (κ3) is 3.95. The number of rotatable bonds is 4. The number of likely N-dealkylation sites (N-methyl/N-ethyl adjacent to an activating group) is 1. The van der Waals surface area contributed by atoms with E-state index in [1.807, 2.05) is 62.4 Å². The lowest BCUT2D eigenvalue weighted by Crippen LogP contribution is -2.35. The van der Waals surface area contributed by atoms with Gasteiger partial charge in [-0.15, -0.1) is 0 Å².